The fourth-order valence-electron chi connectivity index (χ4n) is 2.42. The molecule has 1 atom stereocenters. The number of hydrogen-bond donors (Lipinski definition) is 1. The van der Waals surface area contributed by atoms with E-state index >= 15 is 0 Å². The summed E-state index contributed by atoms with van der Waals surface area (Å²) in [5.41, 5.74) is 6.80. The van der Waals surface area contributed by atoms with E-state index < -0.39 is 6.04 Å². The van der Waals surface area contributed by atoms with E-state index in [1.807, 2.05) is 38.7 Å². The third-order valence-corrected chi connectivity index (χ3v) is 3.95. The Kier molecular flexibility index (Phi) is 4.68. The molecule has 2 N–H and O–H groups in total. The third kappa shape index (κ3) is 4.04. The molecule has 118 valence electrons. The molecule has 6 nitrogen and oxygen atoms in total. The number of amides is 1. The van der Waals surface area contributed by atoms with E-state index in [0.717, 1.165) is 44.2 Å². The van der Waals surface area contributed by atoms with Crippen molar-refractivity contribution in [2.24, 2.45) is 11.1 Å². The van der Waals surface area contributed by atoms with Crippen LogP contribution in [0.2, 0.25) is 0 Å². The molecule has 1 amide bonds. The number of nitrogens with two attached hydrogens (primary N) is 1. The molecule has 1 fully saturated rings. The second-order valence-electron chi connectivity index (χ2n) is 6.87. The van der Waals surface area contributed by atoms with Crippen molar-refractivity contribution in [3.8, 4) is 0 Å². The van der Waals surface area contributed by atoms with Gasteiger partial charge < -0.3 is 15.2 Å². The Labute approximate surface area is 126 Å². The van der Waals surface area contributed by atoms with Crippen LogP contribution in [-0.4, -0.2) is 53.1 Å². The van der Waals surface area contributed by atoms with Gasteiger partial charge in [0.25, 0.3) is 0 Å². The third-order valence-electron chi connectivity index (χ3n) is 3.95. The van der Waals surface area contributed by atoms with Crippen LogP contribution in [0, 0.1) is 12.3 Å². The summed E-state index contributed by atoms with van der Waals surface area (Å²) in [6.45, 7) is 11.8. The first-order valence-electron chi connectivity index (χ1n) is 7.46. The van der Waals surface area contributed by atoms with Gasteiger partial charge in [-0.05, 0) is 12.3 Å². The Balaban J connectivity index is 1.84. The summed E-state index contributed by atoms with van der Waals surface area (Å²) in [5.74, 6) is 0.884. The van der Waals surface area contributed by atoms with E-state index in [-0.39, 0.29) is 11.3 Å². The van der Waals surface area contributed by atoms with Gasteiger partial charge in [-0.25, -0.2) is 0 Å². The van der Waals surface area contributed by atoms with Crippen molar-refractivity contribution in [3.05, 3.63) is 17.5 Å². The van der Waals surface area contributed by atoms with Crippen LogP contribution in [0.5, 0.6) is 0 Å². The van der Waals surface area contributed by atoms with Gasteiger partial charge in [-0.1, -0.05) is 25.9 Å². The lowest BCUT2D eigenvalue weighted by molar-refractivity contribution is -0.136. The average molecular weight is 294 g/mol. The van der Waals surface area contributed by atoms with E-state index in [0.29, 0.717) is 0 Å². The van der Waals surface area contributed by atoms with Crippen molar-refractivity contribution in [2.45, 2.75) is 40.3 Å². The van der Waals surface area contributed by atoms with Crippen LogP contribution in [0.25, 0.3) is 0 Å². The molecule has 1 saturated heterocycles. The standard InChI is InChI=1S/C15H26N4O2/c1-11-9-12(17-21-11)10-18-5-7-19(8-6-18)14(20)13(16)15(2,3)4/h9,13H,5-8,10,16H2,1-4H3/t13-/m1/s1. The van der Waals surface area contributed by atoms with E-state index in [2.05, 4.69) is 10.1 Å². The van der Waals surface area contributed by atoms with Gasteiger partial charge in [-0.3, -0.25) is 9.69 Å². The summed E-state index contributed by atoms with van der Waals surface area (Å²) in [6, 6.07) is 1.51. The van der Waals surface area contributed by atoms with Crippen LogP contribution in [0.3, 0.4) is 0 Å². The summed E-state index contributed by atoms with van der Waals surface area (Å²) in [6.07, 6.45) is 0. The predicted octanol–water partition coefficient (Wildman–Crippen LogP) is 1.00. The maximum atomic E-state index is 12.4. The highest BCUT2D eigenvalue weighted by Gasteiger charge is 2.32. The molecule has 1 aliphatic heterocycles. The van der Waals surface area contributed by atoms with Gasteiger partial charge in [0.2, 0.25) is 5.91 Å². The fourth-order valence-corrected chi connectivity index (χ4v) is 2.42. The minimum Gasteiger partial charge on any atom is -0.361 e. The van der Waals surface area contributed by atoms with Crippen LogP contribution in [0.1, 0.15) is 32.2 Å². The number of aryl methyl sites for hydroxylation is 1. The minimum absolute atomic E-state index is 0.0550. The number of nitrogens with zero attached hydrogens (tertiary/aromatic N) is 3. The fraction of sp³-hybridized carbons (Fsp3) is 0.733. The van der Waals surface area contributed by atoms with Gasteiger partial charge in [-0.15, -0.1) is 0 Å². The molecule has 0 aromatic carbocycles. The average Bonchev–Trinajstić information content (AvgIpc) is 2.82. The van der Waals surface area contributed by atoms with Crippen molar-refractivity contribution >= 4 is 5.91 Å². The van der Waals surface area contributed by atoms with E-state index in [1.54, 1.807) is 0 Å². The highest BCUT2D eigenvalue weighted by molar-refractivity contribution is 5.82. The van der Waals surface area contributed by atoms with Crippen LogP contribution in [-0.2, 0) is 11.3 Å². The molecule has 2 heterocycles. The Morgan fingerprint density at radius 2 is 2.00 bits per heavy atom. The number of hydrogen-bond acceptors (Lipinski definition) is 5. The SMILES string of the molecule is Cc1cc(CN2CCN(C(=O)[C@@H](N)C(C)(C)C)CC2)no1. The molecular weight excluding hydrogens is 268 g/mol. The van der Waals surface area contributed by atoms with Crippen molar-refractivity contribution in [1.29, 1.82) is 0 Å². The van der Waals surface area contributed by atoms with Gasteiger partial charge >= 0.3 is 0 Å². The zero-order chi connectivity index (χ0) is 15.6. The number of piperazine rings is 1. The second kappa shape index (κ2) is 6.15. The maximum Gasteiger partial charge on any atom is 0.240 e. The first-order chi connectivity index (χ1) is 9.77. The van der Waals surface area contributed by atoms with Crippen molar-refractivity contribution in [2.75, 3.05) is 26.2 Å². The summed E-state index contributed by atoms with van der Waals surface area (Å²) in [5, 5.41) is 4.01. The molecule has 0 unspecified atom stereocenters. The molecule has 0 bridgehead atoms. The van der Waals surface area contributed by atoms with Crippen LogP contribution in [0.4, 0.5) is 0 Å². The number of carbonyl (C=O) groups is 1. The van der Waals surface area contributed by atoms with E-state index in [1.165, 1.54) is 0 Å². The van der Waals surface area contributed by atoms with E-state index in [4.69, 9.17) is 10.3 Å². The number of carbonyl (C=O) groups excluding carboxylic acids is 1. The lowest BCUT2D eigenvalue weighted by atomic mass is 9.86. The monoisotopic (exact) mass is 294 g/mol. The Bertz CT molecular complexity index is 484. The van der Waals surface area contributed by atoms with Gasteiger partial charge in [-0.2, -0.15) is 0 Å². The van der Waals surface area contributed by atoms with Crippen molar-refractivity contribution < 1.29 is 9.32 Å². The molecule has 1 aromatic heterocycles. The normalized spacial score (nSPS) is 18.8. The largest absolute Gasteiger partial charge is 0.361 e. The molecule has 2 rings (SSSR count). The van der Waals surface area contributed by atoms with Crippen LogP contribution >= 0.6 is 0 Å². The number of rotatable bonds is 3. The molecule has 0 saturated carbocycles. The smallest absolute Gasteiger partial charge is 0.240 e. The van der Waals surface area contributed by atoms with Crippen molar-refractivity contribution in [1.82, 2.24) is 15.0 Å². The van der Waals surface area contributed by atoms with Gasteiger partial charge in [0.15, 0.2) is 0 Å². The Morgan fingerprint density at radius 1 is 1.38 bits per heavy atom. The molecule has 6 heteroatoms. The predicted molar refractivity (Wildman–Crippen MR) is 80.5 cm³/mol. The minimum atomic E-state index is -0.442. The molecule has 1 aromatic rings. The van der Waals surface area contributed by atoms with Gasteiger partial charge in [0.05, 0.1) is 11.7 Å². The number of aromatic nitrogens is 1. The van der Waals surface area contributed by atoms with Gasteiger partial charge in [0, 0.05) is 38.8 Å². The van der Waals surface area contributed by atoms with Crippen LogP contribution in [0.15, 0.2) is 10.6 Å². The first kappa shape index (κ1) is 16.0. The molecule has 21 heavy (non-hydrogen) atoms. The summed E-state index contributed by atoms with van der Waals surface area (Å²) in [4.78, 5) is 16.5. The summed E-state index contributed by atoms with van der Waals surface area (Å²) < 4.78 is 5.08. The first-order valence-corrected chi connectivity index (χ1v) is 7.46. The van der Waals surface area contributed by atoms with Crippen molar-refractivity contribution in [3.63, 3.8) is 0 Å². The molecule has 1 aliphatic rings. The Morgan fingerprint density at radius 3 is 2.48 bits per heavy atom. The molecule has 0 aliphatic carbocycles. The quantitative estimate of drug-likeness (QED) is 0.900. The lowest BCUT2D eigenvalue weighted by Crippen LogP contribution is -2.56. The van der Waals surface area contributed by atoms with Crippen LogP contribution < -0.4 is 5.73 Å². The highest BCUT2D eigenvalue weighted by Crippen LogP contribution is 2.20. The summed E-state index contributed by atoms with van der Waals surface area (Å²) >= 11 is 0. The molecular formula is C15H26N4O2. The lowest BCUT2D eigenvalue weighted by Gasteiger charge is -2.37. The maximum absolute atomic E-state index is 12.4. The topological polar surface area (TPSA) is 75.6 Å². The summed E-state index contributed by atoms with van der Waals surface area (Å²) in [7, 11) is 0. The zero-order valence-electron chi connectivity index (χ0n) is 13.4. The van der Waals surface area contributed by atoms with Gasteiger partial charge in [0.1, 0.15) is 5.76 Å². The second-order valence-corrected chi connectivity index (χ2v) is 6.87. The molecule has 0 radical (unpaired) electrons. The van der Waals surface area contributed by atoms with E-state index in [9.17, 15) is 4.79 Å². The molecule has 0 spiro atoms. The Hall–Kier alpha value is -1.40. The highest BCUT2D eigenvalue weighted by atomic mass is 16.5. The zero-order valence-corrected chi connectivity index (χ0v) is 13.4.